The third-order valence-corrected chi connectivity index (χ3v) is 7.15. The Bertz CT molecular complexity index is 1110. The summed E-state index contributed by atoms with van der Waals surface area (Å²) in [5, 5.41) is 2.86. The van der Waals surface area contributed by atoms with Gasteiger partial charge in [-0.3, -0.25) is 24.0 Å². The molecule has 0 spiro atoms. The molecule has 0 aliphatic carbocycles. The van der Waals surface area contributed by atoms with Gasteiger partial charge in [-0.2, -0.15) is 0 Å². The Kier molecular flexibility index (Phi) is 25.7. The molecule has 0 heterocycles. The van der Waals surface area contributed by atoms with Crippen LogP contribution >= 0.6 is 0 Å². The molecule has 0 unspecified atom stereocenters. The average Bonchev–Trinajstić information content (AvgIpc) is 3.04. The molecule has 0 saturated heterocycles. The average molecular weight is 686 g/mol. The second kappa shape index (κ2) is 27.9. The maximum absolute atomic E-state index is 13.2. The summed E-state index contributed by atoms with van der Waals surface area (Å²) in [7, 11) is 0. The predicted molar refractivity (Wildman–Crippen MR) is 188 cm³/mol. The number of carbonyl (C=O) groups excluding carboxylic acids is 5. The second-order valence-corrected chi connectivity index (χ2v) is 13.1. The fraction of sp³-hybridized carbons (Fsp3) is 0.718. The smallest absolute Gasteiger partial charge is 0.306 e. The molecule has 0 atom stereocenters. The van der Waals surface area contributed by atoms with E-state index < -0.39 is 29.0 Å². The van der Waals surface area contributed by atoms with Crippen LogP contribution in [0.5, 0.6) is 0 Å². The van der Waals surface area contributed by atoms with E-state index in [0.717, 1.165) is 44.9 Å². The highest BCUT2D eigenvalue weighted by Crippen LogP contribution is 2.16. The lowest BCUT2D eigenvalue weighted by Gasteiger charge is -2.33. The van der Waals surface area contributed by atoms with Gasteiger partial charge in [0.25, 0.3) is 0 Å². The van der Waals surface area contributed by atoms with Crippen LogP contribution < -0.4 is 5.32 Å². The molecular formula is C39H59NO9. The zero-order valence-electron chi connectivity index (χ0n) is 30.4. The maximum Gasteiger partial charge on any atom is 0.306 e. The predicted octanol–water partition coefficient (Wildman–Crippen LogP) is 6.51. The Morgan fingerprint density at radius 1 is 0.551 bits per heavy atom. The molecule has 0 aliphatic rings. The molecule has 274 valence electrons. The zero-order valence-corrected chi connectivity index (χ0v) is 30.4. The lowest BCUT2D eigenvalue weighted by atomic mass is 10.0. The fourth-order valence-corrected chi connectivity index (χ4v) is 4.59. The first-order valence-electron chi connectivity index (χ1n) is 17.6. The van der Waals surface area contributed by atoms with E-state index in [-0.39, 0.29) is 57.4 Å². The summed E-state index contributed by atoms with van der Waals surface area (Å²) in [6, 6.07) is 0. The van der Waals surface area contributed by atoms with Gasteiger partial charge in [0.15, 0.2) is 0 Å². The number of esters is 4. The van der Waals surface area contributed by atoms with E-state index in [1.807, 2.05) is 20.8 Å². The highest BCUT2D eigenvalue weighted by molar-refractivity contribution is 5.77. The molecule has 0 fully saturated rings. The molecule has 10 nitrogen and oxygen atoms in total. The van der Waals surface area contributed by atoms with Crippen LogP contribution in [0.4, 0.5) is 0 Å². The summed E-state index contributed by atoms with van der Waals surface area (Å²) in [6.07, 6.45) is 21.4. The van der Waals surface area contributed by atoms with Crippen molar-refractivity contribution < 1.29 is 42.9 Å². The Labute approximate surface area is 294 Å². The maximum atomic E-state index is 13.2. The van der Waals surface area contributed by atoms with E-state index in [0.29, 0.717) is 51.4 Å². The van der Waals surface area contributed by atoms with E-state index >= 15 is 0 Å². The molecular weight excluding hydrogens is 626 g/mol. The molecule has 0 aromatic carbocycles. The third-order valence-electron chi connectivity index (χ3n) is 7.15. The molecule has 0 aliphatic heterocycles. The van der Waals surface area contributed by atoms with E-state index in [2.05, 4.69) is 29.0 Å². The SMILES string of the molecule is C#CCCCC(=O)OCC(COC(=O)CCCC#C)(COC(=O)CCCC#CC)NC(=O)CCCCCCCCCCC(=O)OC(C)(C)C. The van der Waals surface area contributed by atoms with E-state index in [1.54, 1.807) is 6.92 Å². The van der Waals surface area contributed by atoms with Crippen LogP contribution in [0.3, 0.4) is 0 Å². The highest BCUT2D eigenvalue weighted by Gasteiger charge is 2.37. The van der Waals surface area contributed by atoms with Crippen molar-refractivity contribution in [3.63, 3.8) is 0 Å². The second-order valence-electron chi connectivity index (χ2n) is 13.1. The molecule has 0 radical (unpaired) electrons. The molecule has 0 aromatic rings. The topological polar surface area (TPSA) is 134 Å². The summed E-state index contributed by atoms with van der Waals surface area (Å²) in [4.78, 5) is 62.5. The number of hydrogen-bond acceptors (Lipinski definition) is 9. The van der Waals surface area contributed by atoms with Crippen molar-refractivity contribution in [3.05, 3.63) is 0 Å². The Morgan fingerprint density at radius 2 is 0.939 bits per heavy atom. The molecule has 49 heavy (non-hydrogen) atoms. The molecule has 0 aromatic heterocycles. The van der Waals surface area contributed by atoms with Crippen molar-refractivity contribution >= 4 is 29.8 Å². The number of nitrogens with one attached hydrogen (secondary N) is 1. The zero-order chi connectivity index (χ0) is 36.8. The van der Waals surface area contributed by atoms with Gasteiger partial charge in [-0.15, -0.1) is 36.5 Å². The van der Waals surface area contributed by atoms with Crippen LogP contribution in [0.15, 0.2) is 0 Å². The van der Waals surface area contributed by atoms with Gasteiger partial charge in [0.05, 0.1) is 0 Å². The highest BCUT2D eigenvalue weighted by atomic mass is 16.6. The number of terminal acetylenes is 2. The minimum absolute atomic E-state index is 0.0715. The summed E-state index contributed by atoms with van der Waals surface area (Å²) in [6.45, 7) is 6.20. The minimum atomic E-state index is -1.49. The van der Waals surface area contributed by atoms with Gasteiger partial charge in [0.1, 0.15) is 31.0 Å². The van der Waals surface area contributed by atoms with Gasteiger partial charge >= 0.3 is 23.9 Å². The number of ether oxygens (including phenoxy) is 4. The first-order chi connectivity index (χ1) is 23.4. The van der Waals surface area contributed by atoms with Crippen molar-refractivity contribution in [1.29, 1.82) is 0 Å². The standard InChI is InChI=1S/C39H59NO9/c1-7-10-13-23-28-36(44)48-32-39(30-46-34(42)26-20-11-8-2,31-47-35(43)27-21-12-9-3)40-33(41)25-22-18-16-14-15-17-19-24-29-37(45)49-38(4,5)6/h2-3H,11-32H2,1,4-6H3,(H,40,41). The fourth-order valence-electron chi connectivity index (χ4n) is 4.59. The first-order valence-corrected chi connectivity index (χ1v) is 17.6. The van der Waals surface area contributed by atoms with Gasteiger partial charge in [0, 0.05) is 51.4 Å². The Balaban J connectivity index is 5.19. The monoisotopic (exact) mass is 685 g/mol. The molecule has 0 bridgehead atoms. The first kappa shape index (κ1) is 45.0. The van der Waals surface area contributed by atoms with Crippen LogP contribution in [0.2, 0.25) is 0 Å². The van der Waals surface area contributed by atoms with E-state index in [9.17, 15) is 24.0 Å². The van der Waals surface area contributed by atoms with E-state index in [4.69, 9.17) is 31.8 Å². The number of unbranched alkanes of at least 4 members (excludes halogenated alkanes) is 10. The summed E-state index contributed by atoms with van der Waals surface area (Å²) in [5.41, 5.74) is -1.95. The quantitative estimate of drug-likeness (QED) is 0.0444. The summed E-state index contributed by atoms with van der Waals surface area (Å²) in [5.74, 6) is 8.51. The van der Waals surface area contributed by atoms with Crippen molar-refractivity contribution in [3.8, 4) is 36.5 Å². The van der Waals surface area contributed by atoms with Crippen molar-refractivity contribution in [1.82, 2.24) is 5.32 Å². The Hall–Kier alpha value is -3.97. The van der Waals surface area contributed by atoms with Crippen molar-refractivity contribution in [2.45, 2.75) is 161 Å². The minimum Gasteiger partial charge on any atom is -0.463 e. The van der Waals surface area contributed by atoms with Gasteiger partial charge in [-0.1, -0.05) is 38.5 Å². The van der Waals surface area contributed by atoms with Crippen LogP contribution in [-0.2, 0) is 42.9 Å². The number of amides is 1. The summed E-state index contributed by atoms with van der Waals surface area (Å²) < 4.78 is 21.8. The number of carbonyl (C=O) groups is 5. The number of rotatable bonds is 27. The van der Waals surface area contributed by atoms with Crippen LogP contribution in [-0.4, -0.2) is 60.7 Å². The van der Waals surface area contributed by atoms with Gasteiger partial charge in [0.2, 0.25) is 5.91 Å². The molecule has 1 N–H and O–H groups in total. The molecule has 0 rings (SSSR count). The Morgan fingerprint density at radius 3 is 1.35 bits per heavy atom. The normalized spacial score (nSPS) is 10.8. The van der Waals surface area contributed by atoms with Gasteiger partial charge in [-0.05, 0) is 59.8 Å². The van der Waals surface area contributed by atoms with Crippen LogP contribution in [0.25, 0.3) is 0 Å². The third kappa shape index (κ3) is 27.7. The van der Waals surface area contributed by atoms with Gasteiger partial charge < -0.3 is 24.3 Å². The largest absolute Gasteiger partial charge is 0.463 e. The van der Waals surface area contributed by atoms with Gasteiger partial charge in [-0.25, -0.2) is 0 Å². The van der Waals surface area contributed by atoms with Crippen molar-refractivity contribution in [2.24, 2.45) is 0 Å². The lowest BCUT2D eigenvalue weighted by Crippen LogP contribution is -2.59. The summed E-state index contributed by atoms with van der Waals surface area (Å²) >= 11 is 0. The molecule has 10 heteroatoms. The van der Waals surface area contributed by atoms with E-state index in [1.165, 1.54) is 0 Å². The lowest BCUT2D eigenvalue weighted by molar-refractivity contribution is -0.159. The number of hydrogen-bond donors (Lipinski definition) is 1. The molecule has 1 amide bonds. The van der Waals surface area contributed by atoms with Crippen LogP contribution in [0.1, 0.15) is 150 Å². The van der Waals surface area contributed by atoms with Crippen molar-refractivity contribution in [2.75, 3.05) is 19.8 Å². The van der Waals surface area contributed by atoms with Crippen LogP contribution in [0, 0.1) is 36.5 Å². The molecule has 0 saturated carbocycles.